The predicted molar refractivity (Wildman–Crippen MR) is 247 cm³/mol. The molecule has 1 heterocycles. The first kappa shape index (κ1) is 45.9. The lowest BCUT2D eigenvalue weighted by molar-refractivity contribution is -0.00706. The Morgan fingerprint density at radius 2 is 0.629 bits per heavy atom. The minimum absolute atomic E-state index is 0.166. The number of phenols is 2. The molecule has 4 aliphatic rings. The monoisotopic (exact) mass is 849 g/mol. The van der Waals surface area contributed by atoms with Crippen LogP contribution in [-0.4, -0.2) is 76.3 Å². The normalized spacial score (nSPS) is 18.2. The molecule has 0 radical (unpaired) electrons. The molecule has 2 N–H and O–H groups in total. The molecular formula is C54H72O8. The SMILES string of the molecule is CC(C)(C)c1cc2c(O)c(c1)Cc1cc3cc4c1OCCOCCOCCOCCOCCOc1c(cc(cc1Cc1cc(C(C)(C)C)cc(c1O)C4)CCCCCCCC3)C2. The van der Waals surface area contributed by atoms with E-state index in [1.54, 1.807) is 0 Å². The van der Waals surface area contributed by atoms with Crippen molar-refractivity contribution < 1.29 is 38.6 Å². The minimum Gasteiger partial charge on any atom is -0.507 e. The first-order valence-electron chi connectivity index (χ1n) is 23.4. The Labute approximate surface area is 371 Å². The number of benzene rings is 4. The van der Waals surface area contributed by atoms with Crippen molar-refractivity contribution in [1.82, 2.24) is 0 Å². The predicted octanol–water partition coefficient (Wildman–Crippen LogP) is 10.6. The Bertz CT molecular complexity index is 1870. The smallest absolute Gasteiger partial charge is 0.126 e. The quantitative estimate of drug-likeness (QED) is 0.159. The third-order valence-electron chi connectivity index (χ3n) is 12.6. The van der Waals surface area contributed by atoms with Crippen LogP contribution in [0.3, 0.4) is 0 Å². The van der Waals surface area contributed by atoms with Gasteiger partial charge in [0.1, 0.15) is 36.2 Å². The zero-order valence-electron chi connectivity index (χ0n) is 38.5. The number of rotatable bonds is 0. The molecule has 0 saturated heterocycles. The van der Waals surface area contributed by atoms with Gasteiger partial charge in [-0.15, -0.1) is 0 Å². The average Bonchev–Trinajstić information content (AvgIpc) is 3.21. The van der Waals surface area contributed by atoms with E-state index in [9.17, 15) is 10.2 Å². The van der Waals surface area contributed by atoms with Crippen molar-refractivity contribution in [3.8, 4) is 23.0 Å². The van der Waals surface area contributed by atoms with Crippen LogP contribution >= 0.6 is 0 Å². The Kier molecular flexibility index (Phi) is 15.6. The maximum Gasteiger partial charge on any atom is 0.126 e. The highest BCUT2D eigenvalue weighted by Gasteiger charge is 2.26. The Morgan fingerprint density at radius 3 is 0.919 bits per heavy atom. The molecule has 4 aromatic rings. The van der Waals surface area contributed by atoms with E-state index in [0.29, 0.717) is 103 Å². The molecule has 0 spiro atoms. The van der Waals surface area contributed by atoms with Gasteiger partial charge < -0.3 is 38.6 Å². The summed E-state index contributed by atoms with van der Waals surface area (Å²) in [4.78, 5) is 0. The van der Waals surface area contributed by atoms with Gasteiger partial charge in [0.05, 0.1) is 52.9 Å². The van der Waals surface area contributed by atoms with Crippen molar-refractivity contribution in [3.63, 3.8) is 0 Å². The summed E-state index contributed by atoms with van der Waals surface area (Å²) in [5, 5.41) is 25.0. The summed E-state index contributed by atoms with van der Waals surface area (Å²) < 4.78 is 37.2. The number of phenolic OH excluding ortho intramolecular Hbond substituents is 2. The van der Waals surface area contributed by atoms with E-state index in [4.69, 9.17) is 28.4 Å². The molecule has 8 rings (SSSR count). The van der Waals surface area contributed by atoms with Crippen molar-refractivity contribution in [2.24, 2.45) is 0 Å². The summed E-state index contributed by atoms with van der Waals surface area (Å²) in [5.74, 6) is 2.22. The lowest BCUT2D eigenvalue weighted by Gasteiger charge is -2.26. The van der Waals surface area contributed by atoms with Crippen LogP contribution in [0.15, 0.2) is 48.5 Å². The molecule has 0 unspecified atom stereocenters. The highest BCUT2D eigenvalue weighted by Crippen LogP contribution is 2.42. The molecule has 12 bridgehead atoms. The van der Waals surface area contributed by atoms with Crippen molar-refractivity contribution in [1.29, 1.82) is 0 Å². The fourth-order valence-corrected chi connectivity index (χ4v) is 9.12. The molecule has 0 amide bonds. The van der Waals surface area contributed by atoms with Crippen LogP contribution in [-0.2, 0) is 68.3 Å². The number of aryl methyl sites for hydroxylation is 2. The van der Waals surface area contributed by atoms with Gasteiger partial charge in [0.15, 0.2) is 0 Å². The van der Waals surface area contributed by atoms with E-state index in [1.807, 2.05) is 0 Å². The third kappa shape index (κ3) is 12.1. The van der Waals surface area contributed by atoms with Gasteiger partial charge in [0.25, 0.3) is 0 Å². The number of hydrogen-bond donors (Lipinski definition) is 2. The van der Waals surface area contributed by atoms with Crippen molar-refractivity contribution in [2.45, 2.75) is 129 Å². The first-order chi connectivity index (χ1) is 29.8. The van der Waals surface area contributed by atoms with Gasteiger partial charge >= 0.3 is 0 Å². The lowest BCUT2D eigenvalue weighted by atomic mass is 9.81. The molecule has 0 saturated carbocycles. The summed E-state index contributed by atoms with van der Waals surface area (Å²) in [7, 11) is 0. The maximum absolute atomic E-state index is 12.5. The number of hydrogen-bond acceptors (Lipinski definition) is 8. The highest BCUT2D eigenvalue weighted by molar-refractivity contribution is 5.59. The Hall–Kier alpha value is -4.08. The van der Waals surface area contributed by atoms with Crippen LogP contribution in [0.5, 0.6) is 23.0 Å². The summed E-state index contributed by atoms with van der Waals surface area (Å²) in [6, 6.07) is 18.0. The van der Waals surface area contributed by atoms with E-state index in [-0.39, 0.29) is 10.8 Å². The molecular weight excluding hydrogens is 777 g/mol. The highest BCUT2D eigenvalue weighted by atomic mass is 16.6. The second-order valence-electron chi connectivity index (χ2n) is 19.7. The molecule has 336 valence electrons. The van der Waals surface area contributed by atoms with Gasteiger partial charge in [-0.1, -0.05) is 116 Å². The summed E-state index contributed by atoms with van der Waals surface area (Å²) in [5.41, 5.74) is 12.1. The zero-order chi connectivity index (χ0) is 43.7. The second-order valence-corrected chi connectivity index (χ2v) is 19.7. The molecule has 8 nitrogen and oxygen atoms in total. The second kappa shape index (κ2) is 21.1. The molecule has 62 heavy (non-hydrogen) atoms. The lowest BCUT2D eigenvalue weighted by Crippen LogP contribution is -2.15. The minimum atomic E-state index is -0.166. The van der Waals surface area contributed by atoms with E-state index in [0.717, 1.165) is 81.7 Å². The van der Waals surface area contributed by atoms with Gasteiger partial charge in [-0.05, 0) is 103 Å². The van der Waals surface area contributed by atoms with Crippen molar-refractivity contribution >= 4 is 0 Å². The largest absolute Gasteiger partial charge is 0.507 e. The zero-order valence-corrected chi connectivity index (χ0v) is 38.5. The summed E-state index contributed by atoms with van der Waals surface area (Å²) >= 11 is 0. The van der Waals surface area contributed by atoms with Gasteiger partial charge in [0, 0.05) is 25.7 Å². The van der Waals surface area contributed by atoms with Gasteiger partial charge in [0.2, 0.25) is 0 Å². The Balaban J connectivity index is 1.50. The van der Waals surface area contributed by atoms with Crippen LogP contribution in [0.4, 0.5) is 0 Å². The molecule has 1 aliphatic heterocycles. The van der Waals surface area contributed by atoms with Crippen LogP contribution in [0.1, 0.15) is 147 Å². The standard InChI is InChI=1S/C54H72O8/c1-53(2,3)47-33-39-29-43-25-37-13-11-9-7-8-10-12-14-38-26-44(30-40(34-47)49(39)55)52-46(28-38)32-42-36-48(54(4,5)6)35-41(50(42)56)31-45(27-37)51(43)61-23-21-59-19-17-57-15-16-58-18-20-60-22-24-62-52/h25-28,33-36,55-56H,7-24,29-32H2,1-6H3. The van der Waals surface area contributed by atoms with Crippen LogP contribution in [0.25, 0.3) is 0 Å². The number of fused-ring (bicyclic) bond motifs is 7. The van der Waals surface area contributed by atoms with E-state index >= 15 is 0 Å². The topological polar surface area (TPSA) is 95.8 Å². The molecule has 3 aliphatic carbocycles. The average molecular weight is 849 g/mol. The molecule has 0 fully saturated rings. The fraction of sp³-hybridized carbons (Fsp3) is 0.556. The van der Waals surface area contributed by atoms with Gasteiger partial charge in [-0.25, -0.2) is 0 Å². The van der Waals surface area contributed by atoms with E-state index < -0.39 is 0 Å². The van der Waals surface area contributed by atoms with E-state index in [1.165, 1.54) is 47.9 Å². The third-order valence-corrected chi connectivity index (χ3v) is 12.6. The van der Waals surface area contributed by atoms with Crippen molar-refractivity contribution in [2.75, 3.05) is 66.1 Å². The molecule has 4 aromatic carbocycles. The Morgan fingerprint density at radius 1 is 0.355 bits per heavy atom. The summed E-state index contributed by atoms with van der Waals surface area (Å²) in [6.45, 7) is 17.7. The van der Waals surface area contributed by atoms with Crippen LogP contribution in [0.2, 0.25) is 0 Å². The summed E-state index contributed by atoms with van der Waals surface area (Å²) in [6.07, 6.45) is 10.8. The molecule has 0 aromatic heterocycles. The maximum atomic E-state index is 12.5. The molecule has 0 atom stereocenters. The number of ether oxygens (including phenoxy) is 6. The van der Waals surface area contributed by atoms with E-state index in [2.05, 4.69) is 90.1 Å². The first-order valence-corrected chi connectivity index (χ1v) is 23.4. The van der Waals surface area contributed by atoms with Gasteiger partial charge in [-0.2, -0.15) is 0 Å². The fourth-order valence-electron chi connectivity index (χ4n) is 9.12. The van der Waals surface area contributed by atoms with Crippen LogP contribution < -0.4 is 9.47 Å². The molecule has 8 heteroatoms. The van der Waals surface area contributed by atoms with Crippen LogP contribution in [0, 0.1) is 0 Å². The van der Waals surface area contributed by atoms with Gasteiger partial charge in [-0.3, -0.25) is 0 Å². The number of aromatic hydroxyl groups is 2. The van der Waals surface area contributed by atoms with Crippen molar-refractivity contribution in [3.05, 3.63) is 115 Å².